The van der Waals surface area contributed by atoms with E-state index in [1.807, 2.05) is 31.5 Å². The fraction of sp³-hybridized carbons (Fsp3) is 0.364. The van der Waals surface area contributed by atoms with Crippen molar-refractivity contribution < 1.29 is 4.79 Å². The molecule has 2 aromatic carbocycles. The van der Waals surface area contributed by atoms with Crippen LogP contribution in [0.25, 0.3) is 16.7 Å². The van der Waals surface area contributed by atoms with Gasteiger partial charge in [-0.2, -0.15) is 0 Å². The molecule has 2 N–H and O–H groups in total. The van der Waals surface area contributed by atoms with Crippen LogP contribution in [0.5, 0.6) is 0 Å². The molecule has 146 valence electrons. The van der Waals surface area contributed by atoms with E-state index >= 15 is 0 Å². The zero-order valence-electron chi connectivity index (χ0n) is 16.4. The second kappa shape index (κ2) is 7.59. The lowest BCUT2D eigenvalue weighted by Gasteiger charge is -2.12. The second-order valence-corrected chi connectivity index (χ2v) is 8.87. The van der Waals surface area contributed by atoms with Gasteiger partial charge in [-0.1, -0.05) is 29.8 Å². The van der Waals surface area contributed by atoms with Crippen LogP contribution in [0.4, 0.5) is 5.69 Å². The van der Waals surface area contributed by atoms with Crippen molar-refractivity contribution in [2.75, 3.05) is 11.9 Å². The van der Waals surface area contributed by atoms with Crippen LogP contribution in [0.15, 0.2) is 41.1 Å². The van der Waals surface area contributed by atoms with Crippen LogP contribution < -0.4 is 10.6 Å². The van der Waals surface area contributed by atoms with Gasteiger partial charge in [-0.05, 0) is 61.6 Å². The average Bonchev–Trinajstić information content (AvgIpc) is 3.35. The number of aromatic nitrogens is 2. The molecule has 0 radical (unpaired) electrons. The summed E-state index contributed by atoms with van der Waals surface area (Å²) in [6.07, 6.45) is 4.02. The Labute approximate surface area is 173 Å². The number of nitrogens with zero attached hydrogens (tertiary/aromatic N) is 2. The molecule has 1 saturated carbocycles. The fourth-order valence-electron chi connectivity index (χ4n) is 3.28. The summed E-state index contributed by atoms with van der Waals surface area (Å²) < 4.78 is 3.07. The zero-order chi connectivity index (χ0) is 19.8. The minimum atomic E-state index is 0.0185. The second-order valence-electron chi connectivity index (χ2n) is 7.96. The number of benzene rings is 2. The standard InChI is InChI=1S/C22H25BrN4O/c1-13(2)11-24-19-9-15(23)10-20-21(19)25-12-27(20)17-6-7-18(14(3)8-17)22(28)26-16-4-5-16/h6-10,12-13,16,24H,4-5,11H2,1-3H3,(H,26,28). The van der Waals surface area contributed by atoms with E-state index in [0.717, 1.165) is 57.4 Å². The summed E-state index contributed by atoms with van der Waals surface area (Å²) in [5.41, 5.74) is 5.68. The maximum absolute atomic E-state index is 12.4. The number of fused-ring (bicyclic) bond motifs is 1. The molecule has 3 aromatic rings. The van der Waals surface area contributed by atoms with Crippen molar-refractivity contribution in [1.82, 2.24) is 14.9 Å². The van der Waals surface area contributed by atoms with Crippen LogP contribution in [0.1, 0.15) is 42.6 Å². The number of aryl methyl sites for hydroxylation is 1. The molecule has 1 heterocycles. The Balaban J connectivity index is 1.69. The number of anilines is 1. The summed E-state index contributed by atoms with van der Waals surface area (Å²) in [5.74, 6) is 0.568. The molecule has 0 unspecified atom stereocenters. The number of imidazole rings is 1. The summed E-state index contributed by atoms with van der Waals surface area (Å²) in [5, 5.41) is 6.55. The summed E-state index contributed by atoms with van der Waals surface area (Å²) in [6.45, 7) is 7.24. The van der Waals surface area contributed by atoms with Gasteiger partial charge in [-0.3, -0.25) is 9.36 Å². The monoisotopic (exact) mass is 440 g/mol. The third-order valence-corrected chi connectivity index (χ3v) is 5.42. The van der Waals surface area contributed by atoms with Gasteiger partial charge in [0.25, 0.3) is 5.91 Å². The van der Waals surface area contributed by atoms with Gasteiger partial charge < -0.3 is 10.6 Å². The normalized spacial score (nSPS) is 13.9. The Kier molecular flexibility index (Phi) is 5.15. The highest BCUT2D eigenvalue weighted by molar-refractivity contribution is 9.10. The van der Waals surface area contributed by atoms with Gasteiger partial charge in [-0.15, -0.1) is 0 Å². The molecule has 28 heavy (non-hydrogen) atoms. The van der Waals surface area contributed by atoms with E-state index in [1.165, 1.54) is 0 Å². The van der Waals surface area contributed by atoms with Gasteiger partial charge in [-0.25, -0.2) is 4.98 Å². The number of hydrogen-bond acceptors (Lipinski definition) is 3. The zero-order valence-corrected chi connectivity index (χ0v) is 18.0. The average molecular weight is 441 g/mol. The van der Waals surface area contributed by atoms with Gasteiger partial charge in [0.15, 0.2) is 0 Å². The molecule has 1 aliphatic carbocycles. The summed E-state index contributed by atoms with van der Waals surface area (Å²) in [4.78, 5) is 17.0. The number of rotatable bonds is 6. The third-order valence-electron chi connectivity index (χ3n) is 4.96. The quantitative estimate of drug-likeness (QED) is 0.563. The van der Waals surface area contributed by atoms with E-state index in [9.17, 15) is 4.79 Å². The Morgan fingerprint density at radius 1 is 1.29 bits per heavy atom. The number of hydrogen-bond donors (Lipinski definition) is 2. The number of halogens is 1. The molecule has 6 heteroatoms. The Bertz CT molecular complexity index is 1040. The van der Waals surface area contributed by atoms with Crippen molar-refractivity contribution >= 4 is 38.6 Å². The van der Waals surface area contributed by atoms with E-state index in [4.69, 9.17) is 0 Å². The highest BCUT2D eigenvalue weighted by Gasteiger charge is 2.24. The maximum Gasteiger partial charge on any atom is 0.251 e. The van der Waals surface area contributed by atoms with Crippen LogP contribution in [-0.2, 0) is 0 Å². The molecule has 0 bridgehead atoms. The summed E-state index contributed by atoms with van der Waals surface area (Å²) in [7, 11) is 0. The van der Waals surface area contributed by atoms with Gasteiger partial charge >= 0.3 is 0 Å². The molecule has 0 aliphatic heterocycles. The first-order chi connectivity index (χ1) is 13.4. The molecule has 1 aliphatic rings. The number of carbonyl (C=O) groups is 1. The highest BCUT2D eigenvalue weighted by atomic mass is 79.9. The van der Waals surface area contributed by atoms with Crippen molar-refractivity contribution in [1.29, 1.82) is 0 Å². The van der Waals surface area contributed by atoms with Crippen LogP contribution in [0.3, 0.4) is 0 Å². The van der Waals surface area contributed by atoms with Crippen molar-refractivity contribution in [3.63, 3.8) is 0 Å². The molecular formula is C22H25BrN4O. The highest BCUT2D eigenvalue weighted by Crippen LogP contribution is 2.30. The first kappa shape index (κ1) is 19.0. The molecule has 1 aromatic heterocycles. The van der Waals surface area contributed by atoms with Gasteiger partial charge in [0.2, 0.25) is 0 Å². The van der Waals surface area contributed by atoms with Gasteiger partial charge in [0, 0.05) is 28.3 Å². The molecule has 0 atom stereocenters. The first-order valence-electron chi connectivity index (χ1n) is 9.74. The smallest absolute Gasteiger partial charge is 0.251 e. The largest absolute Gasteiger partial charge is 0.383 e. The van der Waals surface area contributed by atoms with Crippen LogP contribution in [0.2, 0.25) is 0 Å². The predicted molar refractivity (Wildman–Crippen MR) is 117 cm³/mol. The summed E-state index contributed by atoms with van der Waals surface area (Å²) in [6, 6.07) is 10.4. The number of nitrogens with one attached hydrogen (secondary N) is 2. The topological polar surface area (TPSA) is 59.0 Å². The predicted octanol–water partition coefficient (Wildman–Crippen LogP) is 5.06. The van der Waals surface area contributed by atoms with Gasteiger partial charge in [0.1, 0.15) is 11.8 Å². The van der Waals surface area contributed by atoms with Crippen LogP contribution in [-0.4, -0.2) is 28.0 Å². The minimum absolute atomic E-state index is 0.0185. The van der Waals surface area contributed by atoms with Crippen molar-refractivity contribution in [3.05, 3.63) is 52.3 Å². The Hall–Kier alpha value is -2.34. The Morgan fingerprint density at radius 2 is 2.07 bits per heavy atom. The lowest BCUT2D eigenvalue weighted by Crippen LogP contribution is -2.26. The molecule has 4 rings (SSSR count). The van der Waals surface area contributed by atoms with E-state index < -0.39 is 0 Å². The lowest BCUT2D eigenvalue weighted by atomic mass is 10.1. The third kappa shape index (κ3) is 3.92. The van der Waals surface area contributed by atoms with E-state index in [1.54, 1.807) is 0 Å². The van der Waals surface area contributed by atoms with E-state index in [-0.39, 0.29) is 5.91 Å². The Morgan fingerprint density at radius 3 is 2.75 bits per heavy atom. The van der Waals surface area contributed by atoms with Crippen molar-refractivity contribution in [3.8, 4) is 5.69 Å². The number of carbonyl (C=O) groups excluding carboxylic acids is 1. The molecule has 0 saturated heterocycles. The fourth-order valence-corrected chi connectivity index (χ4v) is 3.73. The van der Waals surface area contributed by atoms with Crippen molar-refractivity contribution in [2.45, 2.75) is 39.7 Å². The van der Waals surface area contributed by atoms with E-state index in [2.05, 4.69) is 62.1 Å². The van der Waals surface area contributed by atoms with Crippen molar-refractivity contribution in [2.24, 2.45) is 5.92 Å². The molecule has 1 fully saturated rings. The maximum atomic E-state index is 12.4. The molecule has 5 nitrogen and oxygen atoms in total. The number of amides is 1. The van der Waals surface area contributed by atoms with Gasteiger partial charge in [0.05, 0.1) is 11.2 Å². The van der Waals surface area contributed by atoms with Crippen LogP contribution in [0, 0.1) is 12.8 Å². The lowest BCUT2D eigenvalue weighted by molar-refractivity contribution is 0.0950. The van der Waals surface area contributed by atoms with E-state index in [0.29, 0.717) is 12.0 Å². The SMILES string of the molecule is Cc1cc(-n2cnc3c(NCC(C)C)cc(Br)cc32)ccc1C(=O)NC1CC1. The summed E-state index contributed by atoms with van der Waals surface area (Å²) >= 11 is 3.62. The first-order valence-corrected chi connectivity index (χ1v) is 10.5. The molecular weight excluding hydrogens is 416 g/mol. The minimum Gasteiger partial charge on any atom is -0.383 e. The van der Waals surface area contributed by atoms with Crippen LogP contribution >= 0.6 is 15.9 Å². The molecule has 0 spiro atoms. The molecule has 1 amide bonds.